The second-order valence-corrected chi connectivity index (χ2v) is 7.87. The van der Waals surface area contributed by atoms with Crippen molar-refractivity contribution >= 4 is 50.4 Å². The van der Waals surface area contributed by atoms with E-state index in [1.54, 1.807) is 34.9 Å². The highest BCUT2D eigenvalue weighted by atomic mass is 32.1. The highest BCUT2D eigenvalue weighted by Gasteiger charge is 2.18. The Morgan fingerprint density at radius 2 is 1.91 bits per heavy atom. The van der Waals surface area contributed by atoms with E-state index < -0.39 is 17.8 Å². The fourth-order valence-corrected chi connectivity index (χ4v) is 4.37. The van der Waals surface area contributed by atoms with Crippen molar-refractivity contribution in [3.8, 4) is 5.75 Å². The van der Waals surface area contributed by atoms with Gasteiger partial charge in [-0.2, -0.15) is 4.99 Å². The van der Waals surface area contributed by atoms with Gasteiger partial charge in [0, 0.05) is 5.39 Å². The first kappa shape index (κ1) is 22.3. The SMILES string of the molecule is CCOc1cccc2cc(C(=O)N=c3sc4cc(C(=O)OC)ccc4n3CC(=O)OC)oc12. The number of carbonyl (C=O) groups excluding carboxylic acids is 3. The second kappa shape index (κ2) is 9.29. The van der Waals surface area contributed by atoms with Crippen molar-refractivity contribution in [1.82, 2.24) is 4.57 Å². The van der Waals surface area contributed by atoms with Crippen molar-refractivity contribution in [3.63, 3.8) is 0 Å². The van der Waals surface area contributed by atoms with Crippen molar-refractivity contribution in [3.05, 3.63) is 58.6 Å². The maximum absolute atomic E-state index is 13.0. The van der Waals surface area contributed by atoms with Crippen molar-refractivity contribution in [2.75, 3.05) is 20.8 Å². The lowest BCUT2D eigenvalue weighted by atomic mass is 10.2. The maximum atomic E-state index is 13.0. The van der Waals surface area contributed by atoms with Crippen LogP contribution in [0.2, 0.25) is 0 Å². The number of benzene rings is 2. The lowest BCUT2D eigenvalue weighted by Crippen LogP contribution is -2.22. The van der Waals surface area contributed by atoms with Crippen LogP contribution in [0.4, 0.5) is 0 Å². The van der Waals surface area contributed by atoms with Gasteiger partial charge in [-0.25, -0.2) is 4.79 Å². The molecule has 33 heavy (non-hydrogen) atoms. The topological polar surface area (TPSA) is 109 Å². The fourth-order valence-electron chi connectivity index (χ4n) is 3.30. The van der Waals surface area contributed by atoms with Crippen LogP contribution in [0.15, 0.2) is 51.9 Å². The zero-order valence-electron chi connectivity index (χ0n) is 18.1. The van der Waals surface area contributed by atoms with Crippen LogP contribution in [-0.4, -0.2) is 43.2 Å². The first-order valence-corrected chi connectivity index (χ1v) is 10.8. The molecule has 0 atom stereocenters. The first-order chi connectivity index (χ1) is 15.9. The van der Waals surface area contributed by atoms with E-state index in [4.69, 9.17) is 18.6 Å². The molecule has 1 amide bonds. The first-order valence-electron chi connectivity index (χ1n) is 9.98. The predicted octanol–water partition coefficient (Wildman–Crippen LogP) is 3.55. The van der Waals surface area contributed by atoms with Crippen molar-refractivity contribution in [2.24, 2.45) is 4.99 Å². The van der Waals surface area contributed by atoms with E-state index in [9.17, 15) is 14.4 Å². The summed E-state index contributed by atoms with van der Waals surface area (Å²) in [5, 5.41) is 0.709. The van der Waals surface area contributed by atoms with Crippen molar-refractivity contribution < 1.29 is 33.0 Å². The third kappa shape index (κ3) is 4.37. The van der Waals surface area contributed by atoms with E-state index in [2.05, 4.69) is 4.99 Å². The number of thiazole rings is 1. The highest BCUT2D eigenvalue weighted by Crippen LogP contribution is 2.29. The van der Waals surface area contributed by atoms with E-state index in [1.165, 1.54) is 14.2 Å². The van der Waals surface area contributed by atoms with E-state index in [1.807, 2.05) is 19.1 Å². The lowest BCUT2D eigenvalue weighted by molar-refractivity contribution is -0.141. The van der Waals surface area contributed by atoms with Crippen molar-refractivity contribution in [2.45, 2.75) is 13.5 Å². The van der Waals surface area contributed by atoms with Crippen LogP contribution < -0.4 is 9.54 Å². The Kier molecular flexibility index (Phi) is 6.27. The molecule has 4 aromatic rings. The number of aromatic nitrogens is 1. The number of hydrogen-bond acceptors (Lipinski definition) is 8. The normalized spacial score (nSPS) is 11.7. The molecule has 170 valence electrons. The predicted molar refractivity (Wildman–Crippen MR) is 120 cm³/mol. The van der Waals surface area contributed by atoms with E-state index >= 15 is 0 Å². The highest BCUT2D eigenvalue weighted by molar-refractivity contribution is 7.16. The van der Waals surface area contributed by atoms with Gasteiger partial charge in [0.15, 0.2) is 21.9 Å². The summed E-state index contributed by atoms with van der Waals surface area (Å²) in [5.74, 6) is -1.05. The molecule has 2 aromatic carbocycles. The summed E-state index contributed by atoms with van der Waals surface area (Å²) >= 11 is 1.15. The zero-order chi connectivity index (χ0) is 23.5. The minimum absolute atomic E-state index is 0.0366. The molecule has 0 bridgehead atoms. The summed E-state index contributed by atoms with van der Waals surface area (Å²) in [5.41, 5.74) is 1.42. The Balaban J connectivity index is 1.82. The van der Waals surface area contributed by atoms with Gasteiger partial charge in [-0.05, 0) is 37.3 Å². The van der Waals surface area contributed by atoms with Gasteiger partial charge in [-0.3, -0.25) is 9.59 Å². The number of amides is 1. The molecular weight excluding hydrogens is 448 g/mol. The number of ether oxygens (including phenoxy) is 3. The summed E-state index contributed by atoms with van der Waals surface area (Å²) in [4.78, 5) is 41.3. The van der Waals surface area contributed by atoms with Gasteiger partial charge in [0.2, 0.25) is 0 Å². The van der Waals surface area contributed by atoms with Crippen LogP contribution in [0.5, 0.6) is 5.75 Å². The minimum Gasteiger partial charge on any atom is -0.490 e. The van der Waals surface area contributed by atoms with Gasteiger partial charge in [0.1, 0.15) is 6.54 Å². The lowest BCUT2D eigenvalue weighted by Gasteiger charge is -2.04. The molecule has 0 aliphatic carbocycles. The average molecular weight is 468 g/mol. The molecule has 9 nitrogen and oxygen atoms in total. The molecule has 0 fully saturated rings. The van der Waals surface area contributed by atoms with Gasteiger partial charge in [0.25, 0.3) is 0 Å². The number of nitrogens with zero attached hydrogens (tertiary/aromatic N) is 2. The van der Waals surface area contributed by atoms with Crippen LogP contribution in [0, 0.1) is 0 Å². The smallest absolute Gasteiger partial charge is 0.337 e. The van der Waals surface area contributed by atoms with Gasteiger partial charge >= 0.3 is 17.8 Å². The summed E-state index contributed by atoms with van der Waals surface area (Å²) in [7, 11) is 2.57. The average Bonchev–Trinajstić information content (AvgIpc) is 3.40. The molecule has 0 radical (unpaired) electrons. The summed E-state index contributed by atoms with van der Waals surface area (Å²) in [6, 6.07) is 11.8. The molecule has 0 spiro atoms. The Hall–Kier alpha value is -3.92. The number of rotatable bonds is 6. The molecule has 0 saturated carbocycles. The van der Waals surface area contributed by atoms with Crippen LogP contribution in [-0.2, 0) is 20.8 Å². The number of furan rings is 1. The van der Waals surface area contributed by atoms with E-state index in [0.29, 0.717) is 39.1 Å². The zero-order valence-corrected chi connectivity index (χ0v) is 18.9. The Bertz CT molecular complexity index is 1440. The molecule has 2 aromatic heterocycles. The maximum Gasteiger partial charge on any atom is 0.337 e. The molecule has 0 N–H and O–H groups in total. The number of methoxy groups -OCH3 is 2. The molecule has 0 saturated heterocycles. The molecule has 2 heterocycles. The molecule has 10 heteroatoms. The number of fused-ring (bicyclic) bond motifs is 2. The Morgan fingerprint density at radius 1 is 1.09 bits per heavy atom. The third-order valence-electron chi connectivity index (χ3n) is 4.83. The fraction of sp³-hybridized carbons (Fsp3) is 0.217. The van der Waals surface area contributed by atoms with Crippen LogP contribution in [0.25, 0.3) is 21.2 Å². The molecule has 4 rings (SSSR count). The number of para-hydroxylation sites is 1. The van der Waals surface area contributed by atoms with Crippen molar-refractivity contribution in [1.29, 1.82) is 0 Å². The monoisotopic (exact) mass is 468 g/mol. The molecular formula is C23H20N2O7S. The summed E-state index contributed by atoms with van der Waals surface area (Å²) < 4.78 is 23.1. The van der Waals surface area contributed by atoms with Gasteiger partial charge in [0.05, 0.1) is 36.6 Å². The Labute approximate surface area is 191 Å². The molecule has 0 unspecified atom stereocenters. The summed E-state index contributed by atoms with van der Waals surface area (Å²) in [6.45, 7) is 2.15. The molecule has 0 aliphatic rings. The van der Waals surface area contributed by atoms with Gasteiger partial charge in [-0.1, -0.05) is 23.5 Å². The van der Waals surface area contributed by atoms with E-state index in [-0.39, 0.29) is 17.1 Å². The van der Waals surface area contributed by atoms with E-state index in [0.717, 1.165) is 11.3 Å². The third-order valence-corrected chi connectivity index (χ3v) is 5.88. The number of hydrogen-bond donors (Lipinski definition) is 0. The van der Waals surface area contributed by atoms with Gasteiger partial charge < -0.3 is 23.2 Å². The number of esters is 2. The largest absolute Gasteiger partial charge is 0.490 e. The second-order valence-electron chi connectivity index (χ2n) is 6.86. The quantitative estimate of drug-likeness (QED) is 0.398. The molecule has 0 aliphatic heterocycles. The number of carbonyl (C=O) groups is 3. The summed E-state index contributed by atoms with van der Waals surface area (Å²) in [6.07, 6.45) is 0. The van der Waals surface area contributed by atoms with Gasteiger partial charge in [-0.15, -0.1) is 0 Å². The van der Waals surface area contributed by atoms with Crippen LogP contribution in [0.1, 0.15) is 27.8 Å². The van der Waals surface area contributed by atoms with Crippen LogP contribution in [0.3, 0.4) is 0 Å². The minimum atomic E-state index is -0.619. The Morgan fingerprint density at radius 3 is 2.64 bits per heavy atom. The van der Waals surface area contributed by atoms with Crippen LogP contribution >= 0.6 is 11.3 Å². The standard InChI is InChI=1S/C23H20N2O7S/c1-4-31-16-7-5-6-13-10-17(32-20(13)16)21(27)24-23-25(12-19(26)29-2)15-9-8-14(22(28)30-3)11-18(15)33-23/h5-11H,4,12H2,1-3H3.